The topological polar surface area (TPSA) is 208 Å². The highest BCUT2D eigenvalue weighted by molar-refractivity contribution is 7.98. The van der Waals surface area contributed by atoms with Gasteiger partial charge in [0, 0.05) is 12.2 Å². The van der Waals surface area contributed by atoms with Crippen LogP contribution in [0.4, 0.5) is 0 Å². The number of nitrogens with one attached hydrogen (secondary N) is 3. The van der Waals surface area contributed by atoms with E-state index in [9.17, 15) is 34.2 Å². The molecule has 194 valence electrons. The van der Waals surface area contributed by atoms with Gasteiger partial charge in [-0.05, 0) is 36.1 Å². The number of carbonyl (C=O) groups excluding carboxylic acids is 3. The second kappa shape index (κ2) is 15.1. The standard InChI is InChI=1S/C21H30N4O8S2/c1-35-7-6-14(21(32)33)23-19(30)15(8-11-2-4-12(26)5-3-11)25-20(31)16(9-17(27)28)24-18(29)13(22)10-34/h2-5,13-16,26,34H,6-10,22H2,1H3,(H,23,30)(H,24,29)(H,25,31)(H,27,28)(H,32,33). The molecule has 0 spiro atoms. The largest absolute Gasteiger partial charge is 0.508 e. The van der Waals surface area contributed by atoms with Crippen LogP contribution in [0.3, 0.4) is 0 Å². The van der Waals surface area contributed by atoms with E-state index in [1.54, 1.807) is 6.26 Å². The number of hydrogen-bond acceptors (Lipinski definition) is 9. The van der Waals surface area contributed by atoms with Gasteiger partial charge in [0.15, 0.2) is 0 Å². The van der Waals surface area contributed by atoms with Gasteiger partial charge in [0.2, 0.25) is 17.7 Å². The van der Waals surface area contributed by atoms with Gasteiger partial charge in [0.05, 0.1) is 12.5 Å². The lowest BCUT2D eigenvalue weighted by molar-refractivity contribution is -0.143. The first kappa shape index (κ1) is 30.1. The molecule has 0 saturated carbocycles. The molecule has 0 heterocycles. The number of carboxylic acids is 2. The Kier molecular flexibility index (Phi) is 13.0. The van der Waals surface area contributed by atoms with Gasteiger partial charge in [-0.1, -0.05) is 12.1 Å². The molecule has 14 heteroatoms. The number of thioether (sulfide) groups is 1. The van der Waals surface area contributed by atoms with Crippen LogP contribution in [0, 0.1) is 0 Å². The summed E-state index contributed by atoms with van der Waals surface area (Å²) < 4.78 is 0. The zero-order valence-electron chi connectivity index (χ0n) is 19.0. The molecule has 1 aromatic rings. The molecule has 0 fully saturated rings. The molecule has 0 aliphatic heterocycles. The molecule has 4 atom stereocenters. The number of phenols is 1. The summed E-state index contributed by atoms with van der Waals surface area (Å²) >= 11 is 5.29. The van der Waals surface area contributed by atoms with Crippen LogP contribution in [0.15, 0.2) is 24.3 Å². The SMILES string of the molecule is CSCCC(NC(=O)C(Cc1ccc(O)cc1)NC(=O)C(CC(=O)O)NC(=O)C(N)CS)C(=O)O. The molecule has 1 aromatic carbocycles. The van der Waals surface area contributed by atoms with Crippen molar-refractivity contribution in [1.29, 1.82) is 0 Å². The van der Waals surface area contributed by atoms with Gasteiger partial charge < -0.3 is 37.0 Å². The highest BCUT2D eigenvalue weighted by Crippen LogP contribution is 2.12. The Bertz CT molecular complexity index is 900. The van der Waals surface area contributed by atoms with E-state index in [0.717, 1.165) is 0 Å². The van der Waals surface area contributed by atoms with Crippen molar-refractivity contribution in [2.45, 2.75) is 43.4 Å². The van der Waals surface area contributed by atoms with Crippen LogP contribution >= 0.6 is 24.4 Å². The lowest BCUT2D eigenvalue weighted by atomic mass is 10.0. The number of aromatic hydroxyl groups is 1. The van der Waals surface area contributed by atoms with Gasteiger partial charge in [-0.25, -0.2) is 4.79 Å². The van der Waals surface area contributed by atoms with Crippen molar-refractivity contribution < 1.29 is 39.3 Å². The summed E-state index contributed by atoms with van der Waals surface area (Å²) in [6.45, 7) is 0. The molecule has 0 aliphatic rings. The van der Waals surface area contributed by atoms with E-state index in [-0.39, 0.29) is 24.3 Å². The van der Waals surface area contributed by atoms with Crippen molar-refractivity contribution in [2.75, 3.05) is 17.8 Å². The Morgan fingerprint density at radius 1 is 0.943 bits per heavy atom. The molecular weight excluding hydrogens is 500 g/mol. The normalized spacial score (nSPS) is 14.1. The molecule has 0 aromatic heterocycles. The van der Waals surface area contributed by atoms with Crippen molar-refractivity contribution >= 4 is 54.1 Å². The van der Waals surface area contributed by atoms with Gasteiger partial charge in [0.25, 0.3) is 0 Å². The second-order valence-electron chi connectivity index (χ2n) is 7.56. The van der Waals surface area contributed by atoms with Gasteiger partial charge in [-0.3, -0.25) is 19.2 Å². The van der Waals surface area contributed by atoms with Gasteiger partial charge in [-0.2, -0.15) is 24.4 Å². The summed E-state index contributed by atoms with van der Waals surface area (Å²) in [5, 5.41) is 35.1. The summed E-state index contributed by atoms with van der Waals surface area (Å²) in [4.78, 5) is 60.8. The Labute approximate surface area is 211 Å². The maximum absolute atomic E-state index is 13.0. The molecule has 12 nitrogen and oxygen atoms in total. The summed E-state index contributed by atoms with van der Waals surface area (Å²) in [5.41, 5.74) is 6.10. The number of carbonyl (C=O) groups is 5. The van der Waals surface area contributed by atoms with Crippen LogP contribution in [0.1, 0.15) is 18.4 Å². The van der Waals surface area contributed by atoms with Gasteiger partial charge in [-0.15, -0.1) is 0 Å². The number of aliphatic carboxylic acids is 2. The quantitative estimate of drug-likeness (QED) is 0.129. The minimum absolute atomic E-state index is 0.0217. The Balaban J connectivity index is 3.14. The molecule has 0 aliphatic carbocycles. The van der Waals surface area contributed by atoms with Crippen molar-refractivity contribution in [3.63, 3.8) is 0 Å². The van der Waals surface area contributed by atoms with Crippen LogP contribution in [0.25, 0.3) is 0 Å². The van der Waals surface area contributed by atoms with Gasteiger partial charge in [0.1, 0.15) is 23.9 Å². The first-order valence-corrected chi connectivity index (χ1v) is 12.5. The molecule has 4 unspecified atom stereocenters. The molecule has 1 rings (SSSR count). The van der Waals surface area contributed by atoms with E-state index in [0.29, 0.717) is 11.3 Å². The maximum atomic E-state index is 13.0. The van der Waals surface area contributed by atoms with E-state index < -0.39 is 60.2 Å². The number of thiol groups is 1. The molecular formula is C21H30N4O8S2. The first-order chi connectivity index (χ1) is 16.5. The highest BCUT2D eigenvalue weighted by Gasteiger charge is 2.31. The van der Waals surface area contributed by atoms with Gasteiger partial charge >= 0.3 is 11.9 Å². The number of phenolic OH excluding ortho intramolecular Hbond substituents is 1. The lowest BCUT2D eigenvalue weighted by Gasteiger charge is -2.24. The second-order valence-corrected chi connectivity index (χ2v) is 8.91. The Morgan fingerprint density at radius 3 is 2.00 bits per heavy atom. The fraction of sp³-hybridized carbons (Fsp3) is 0.476. The van der Waals surface area contributed by atoms with Crippen LogP contribution in [0.2, 0.25) is 0 Å². The molecule has 0 bridgehead atoms. The van der Waals surface area contributed by atoms with Crippen molar-refractivity contribution in [3.8, 4) is 5.75 Å². The molecule has 0 saturated heterocycles. The third-order valence-corrected chi connectivity index (χ3v) is 5.82. The Morgan fingerprint density at radius 2 is 1.49 bits per heavy atom. The van der Waals surface area contributed by atoms with E-state index >= 15 is 0 Å². The number of hydrogen-bond donors (Lipinski definition) is 8. The van der Waals surface area contributed by atoms with Crippen molar-refractivity contribution in [3.05, 3.63) is 29.8 Å². The third-order valence-electron chi connectivity index (χ3n) is 4.78. The average Bonchev–Trinajstić information content (AvgIpc) is 2.80. The van der Waals surface area contributed by atoms with Crippen LogP contribution in [0.5, 0.6) is 5.75 Å². The minimum atomic E-state index is -1.55. The molecule has 35 heavy (non-hydrogen) atoms. The van der Waals surface area contributed by atoms with Crippen molar-refractivity contribution in [1.82, 2.24) is 16.0 Å². The number of nitrogens with two attached hydrogens (primary N) is 1. The maximum Gasteiger partial charge on any atom is 0.326 e. The number of amides is 3. The predicted molar refractivity (Wildman–Crippen MR) is 132 cm³/mol. The predicted octanol–water partition coefficient (Wildman–Crippen LogP) is -1.04. The number of rotatable bonds is 15. The van der Waals surface area contributed by atoms with E-state index in [2.05, 4.69) is 28.6 Å². The highest BCUT2D eigenvalue weighted by atomic mass is 32.2. The summed E-state index contributed by atoms with van der Waals surface area (Å²) in [6, 6.07) is 0.596. The van der Waals surface area contributed by atoms with E-state index in [4.69, 9.17) is 10.8 Å². The first-order valence-electron chi connectivity index (χ1n) is 10.5. The fourth-order valence-electron chi connectivity index (χ4n) is 2.86. The summed E-state index contributed by atoms with van der Waals surface area (Å²) in [5.74, 6) is -4.83. The third kappa shape index (κ3) is 10.9. The van der Waals surface area contributed by atoms with E-state index in [1.807, 2.05) is 0 Å². The van der Waals surface area contributed by atoms with Crippen molar-refractivity contribution in [2.24, 2.45) is 5.73 Å². The molecule has 8 N–H and O–H groups in total. The van der Waals surface area contributed by atoms with Crippen LogP contribution in [-0.2, 0) is 30.4 Å². The average molecular weight is 531 g/mol. The zero-order valence-corrected chi connectivity index (χ0v) is 20.7. The molecule has 0 radical (unpaired) electrons. The number of benzene rings is 1. The monoisotopic (exact) mass is 530 g/mol. The smallest absolute Gasteiger partial charge is 0.326 e. The zero-order chi connectivity index (χ0) is 26.5. The van der Waals surface area contributed by atoms with Crippen LogP contribution in [-0.4, -0.2) is 86.9 Å². The summed E-state index contributed by atoms with van der Waals surface area (Å²) in [6.07, 6.45) is 1.04. The van der Waals surface area contributed by atoms with Crippen LogP contribution < -0.4 is 21.7 Å². The number of carboxylic acid groups (broad SMARTS) is 2. The summed E-state index contributed by atoms with van der Waals surface area (Å²) in [7, 11) is 0. The fourth-order valence-corrected chi connectivity index (χ4v) is 3.50. The lowest BCUT2D eigenvalue weighted by Crippen LogP contribution is -2.58. The minimum Gasteiger partial charge on any atom is -0.508 e. The van der Waals surface area contributed by atoms with E-state index in [1.165, 1.54) is 36.0 Å². The Hall–Kier alpha value is -2.97. The molecule has 3 amide bonds.